The molecule has 4 aromatic rings. The number of carbonyl (C=O) groups is 1. The molecular formula is C31H36N6OS. The Morgan fingerprint density at radius 2 is 1.64 bits per heavy atom. The Morgan fingerprint density at radius 1 is 0.974 bits per heavy atom. The quantitative estimate of drug-likeness (QED) is 0.195. The highest BCUT2D eigenvalue weighted by atomic mass is 32.1. The summed E-state index contributed by atoms with van der Waals surface area (Å²) in [7, 11) is 0. The van der Waals surface area contributed by atoms with Gasteiger partial charge in [0.05, 0.1) is 5.69 Å². The second-order valence-electron chi connectivity index (χ2n) is 9.89. The largest absolute Gasteiger partial charge is 0.372 e. The van der Waals surface area contributed by atoms with Gasteiger partial charge in [-0.3, -0.25) is 10.1 Å². The van der Waals surface area contributed by atoms with Crippen molar-refractivity contribution in [2.45, 2.75) is 47.5 Å². The Morgan fingerprint density at radius 3 is 2.26 bits per heavy atom. The third-order valence-electron chi connectivity index (χ3n) is 6.77. The fourth-order valence-electron chi connectivity index (χ4n) is 4.43. The first-order valence-corrected chi connectivity index (χ1v) is 13.7. The molecule has 0 aliphatic carbocycles. The van der Waals surface area contributed by atoms with E-state index in [1.54, 1.807) is 10.9 Å². The minimum absolute atomic E-state index is 0.220. The molecule has 2 N–H and O–H groups in total. The van der Waals surface area contributed by atoms with Gasteiger partial charge in [-0.2, -0.15) is 4.80 Å². The number of aryl methyl sites for hydroxylation is 2. The van der Waals surface area contributed by atoms with Gasteiger partial charge < -0.3 is 10.2 Å². The molecule has 4 rings (SSSR count). The van der Waals surface area contributed by atoms with Gasteiger partial charge in [-0.25, -0.2) is 0 Å². The van der Waals surface area contributed by atoms with Gasteiger partial charge >= 0.3 is 0 Å². The number of benzene rings is 3. The van der Waals surface area contributed by atoms with Crippen LogP contribution in [0.3, 0.4) is 0 Å². The van der Waals surface area contributed by atoms with Gasteiger partial charge in [0.25, 0.3) is 0 Å². The number of nitrogens with one attached hydrogen (secondary N) is 2. The average molecular weight is 541 g/mol. The van der Waals surface area contributed by atoms with Gasteiger partial charge in [-0.05, 0) is 104 Å². The highest BCUT2D eigenvalue weighted by molar-refractivity contribution is 7.80. The number of nitrogens with zero attached hydrogens (tertiary/aromatic N) is 4. The van der Waals surface area contributed by atoms with Crippen LogP contribution in [0.2, 0.25) is 0 Å². The third-order valence-corrected chi connectivity index (χ3v) is 6.97. The summed E-state index contributed by atoms with van der Waals surface area (Å²) in [6.45, 7) is 14.6. The summed E-state index contributed by atoms with van der Waals surface area (Å²) >= 11 is 5.40. The van der Waals surface area contributed by atoms with E-state index in [0.717, 1.165) is 52.2 Å². The SMILES string of the molecule is CCN(CC)c1ccc(-n2nc3cc(C)c(NC(=S)NC(=O)/C=C/c4ccc(C(C)C)cc4)cc3n2)c(C)c1. The van der Waals surface area contributed by atoms with Crippen molar-refractivity contribution >= 4 is 51.7 Å². The van der Waals surface area contributed by atoms with E-state index in [2.05, 4.69) is 80.5 Å². The van der Waals surface area contributed by atoms with Crippen LogP contribution < -0.4 is 15.5 Å². The molecule has 0 atom stereocenters. The lowest BCUT2D eigenvalue weighted by atomic mass is 10.0. The van der Waals surface area contributed by atoms with Crippen LogP contribution >= 0.6 is 12.2 Å². The molecule has 0 radical (unpaired) electrons. The lowest BCUT2D eigenvalue weighted by molar-refractivity contribution is -0.115. The number of rotatable bonds is 8. The molecule has 3 aromatic carbocycles. The van der Waals surface area contributed by atoms with Crippen molar-refractivity contribution in [3.05, 3.63) is 82.9 Å². The Labute approximate surface area is 235 Å². The first kappa shape index (κ1) is 28.0. The number of hydrogen-bond acceptors (Lipinski definition) is 5. The first-order chi connectivity index (χ1) is 18.7. The van der Waals surface area contributed by atoms with Gasteiger partial charge in [-0.1, -0.05) is 38.1 Å². The molecule has 0 spiro atoms. The number of amides is 1. The van der Waals surface area contributed by atoms with Crippen molar-refractivity contribution in [3.63, 3.8) is 0 Å². The summed E-state index contributed by atoms with van der Waals surface area (Å²) in [5, 5.41) is 15.5. The zero-order valence-corrected chi connectivity index (χ0v) is 24.3. The van der Waals surface area contributed by atoms with Crippen LogP contribution in [0, 0.1) is 13.8 Å². The summed E-state index contributed by atoms with van der Waals surface area (Å²) in [6, 6.07) is 18.4. The van der Waals surface area contributed by atoms with Crippen molar-refractivity contribution in [1.29, 1.82) is 0 Å². The van der Waals surface area contributed by atoms with Crippen LogP contribution in [0.15, 0.2) is 60.7 Å². The Bertz CT molecular complexity index is 1520. The summed E-state index contributed by atoms with van der Waals surface area (Å²) in [6.07, 6.45) is 3.25. The monoisotopic (exact) mass is 540 g/mol. The molecule has 0 aliphatic heterocycles. The van der Waals surface area contributed by atoms with Crippen LogP contribution in [0.25, 0.3) is 22.8 Å². The van der Waals surface area contributed by atoms with Gasteiger partial charge in [-0.15, -0.1) is 10.2 Å². The van der Waals surface area contributed by atoms with Gasteiger partial charge in [0, 0.05) is 30.5 Å². The number of carbonyl (C=O) groups excluding carboxylic acids is 1. The highest BCUT2D eigenvalue weighted by Crippen LogP contribution is 2.25. The molecule has 202 valence electrons. The zero-order valence-electron chi connectivity index (χ0n) is 23.4. The van der Waals surface area contributed by atoms with Gasteiger partial charge in [0.1, 0.15) is 11.0 Å². The summed E-state index contributed by atoms with van der Waals surface area (Å²) in [4.78, 5) is 16.4. The Kier molecular flexibility index (Phi) is 8.76. The normalized spacial score (nSPS) is 11.4. The molecular weight excluding hydrogens is 504 g/mol. The van der Waals surface area contributed by atoms with Crippen LogP contribution in [0.1, 0.15) is 55.9 Å². The van der Waals surface area contributed by atoms with Crippen LogP contribution in [-0.2, 0) is 4.79 Å². The molecule has 0 saturated heterocycles. The predicted molar refractivity (Wildman–Crippen MR) is 166 cm³/mol. The molecule has 39 heavy (non-hydrogen) atoms. The molecule has 7 nitrogen and oxygen atoms in total. The predicted octanol–water partition coefficient (Wildman–Crippen LogP) is 6.53. The van der Waals surface area contributed by atoms with Gasteiger partial charge in [0.15, 0.2) is 5.11 Å². The number of anilines is 2. The van der Waals surface area contributed by atoms with E-state index in [4.69, 9.17) is 22.4 Å². The first-order valence-electron chi connectivity index (χ1n) is 13.3. The van der Waals surface area contributed by atoms with E-state index in [-0.39, 0.29) is 11.0 Å². The number of hydrogen-bond donors (Lipinski definition) is 2. The van der Waals surface area contributed by atoms with E-state index < -0.39 is 0 Å². The van der Waals surface area contributed by atoms with E-state index in [1.165, 1.54) is 17.3 Å². The number of aromatic nitrogens is 3. The Balaban J connectivity index is 1.45. The fourth-order valence-corrected chi connectivity index (χ4v) is 4.64. The minimum Gasteiger partial charge on any atom is -0.372 e. The minimum atomic E-state index is -0.297. The topological polar surface area (TPSA) is 75.1 Å². The molecule has 1 heterocycles. The van der Waals surface area contributed by atoms with Crippen molar-refractivity contribution < 1.29 is 4.79 Å². The Hall–Kier alpha value is -4.04. The average Bonchev–Trinajstić information content (AvgIpc) is 3.31. The second-order valence-corrected chi connectivity index (χ2v) is 10.3. The molecule has 8 heteroatoms. The lowest BCUT2D eigenvalue weighted by Crippen LogP contribution is -2.33. The van der Waals surface area contributed by atoms with E-state index >= 15 is 0 Å². The maximum atomic E-state index is 12.4. The molecule has 1 amide bonds. The number of fused-ring (bicyclic) bond motifs is 1. The van der Waals surface area contributed by atoms with Gasteiger partial charge in [0.2, 0.25) is 5.91 Å². The molecule has 0 unspecified atom stereocenters. The molecule has 0 bridgehead atoms. The van der Waals surface area contributed by atoms with Crippen molar-refractivity contribution in [3.8, 4) is 5.69 Å². The summed E-state index contributed by atoms with van der Waals surface area (Å²) < 4.78 is 0. The molecule has 0 aliphatic rings. The fraction of sp³-hybridized carbons (Fsp3) is 0.290. The lowest BCUT2D eigenvalue weighted by Gasteiger charge is -2.22. The summed E-state index contributed by atoms with van der Waals surface area (Å²) in [5.74, 6) is 0.170. The van der Waals surface area contributed by atoms with Crippen molar-refractivity contribution in [1.82, 2.24) is 20.3 Å². The number of thiocarbonyl (C=S) groups is 1. The van der Waals surface area contributed by atoms with Crippen molar-refractivity contribution in [2.24, 2.45) is 0 Å². The third kappa shape index (κ3) is 6.70. The molecule has 0 saturated carbocycles. The smallest absolute Gasteiger partial charge is 0.250 e. The highest BCUT2D eigenvalue weighted by Gasteiger charge is 2.13. The van der Waals surface area contributed by atoms with E-state index in [1.807, 2.05) is 31.2 Å². The van der Waals surface area contributed by atoms with E-state index in [9.17, 15) is 4.79 Å². The molecule has 1 aromatic heterocycles. The summed E-state index contributed by atoms with van der Waals surface area (Å²) in [5.41, 5.74) is 8.66. The van der Waals surface area contributed by atoms with Crippen LogP contribution in [0.4, 0.5) is 11.4 Å². The maximum Gasteiger partial charge on any atom is 0.250 e. The van der Waals surface area contributed by atoms with Crippen molar-refractivity contribution in [2.75, 3.05) is 23.3 Å². The second kappa shape index (κ2) is 12.2. The maximum absolute atomic E-state index is 12.4. The molecule has 0 fully saturated rings. The standard InChI is InChI=1S/C31H36N6OS/c1-7-36(8-2)25-14-15-29(22(6)17-25)37-34-27-18-21(5)26(19-28(27)35-37)32-31(39)33-30(38)16-11-23-9-12-24(13-10-23)20(3)4/h9-20H,7-8H2,1-6H3,(H2,32,33,38,39)/b16-11+. The zero-order chi connectivity index (χ0) is 28.1. The van der Waals surface area contributed by atoms with Crippen LogP contribution in [-0.4, -0.2) is 39.1 Å². The van der Waals surface area contributed by atoms with E-state index in [0.29, 0.717) is 5.92 Å². The van der Waals surface area contributed by atoms with Crippen LogP contribution in [0.5, 0.6) is 0 Å².